The van der Waals surface area contributed by atoms with Crippen molar-refractivity contribution >= 4 is 17.3 Å². The van der Waals surface area contributed by atoms with Gasteiger partial charge in [0.1, 0.15) is 0 Å². The monoisotopic (exact) mass is 253 g/mol. The van der Waals surface area contributed by atoms with Gasteiger partial charge >= 0.3 is 0 Å². The molecule has 97 valence electrons. The molecule has 0 bridgehead atoms. The van der Waals surface area contributed by atoms with Gasteiger partial charge in [-0.15, -0.1) is 0 Å². The fourth-order valence-electron chi connectivity index (χ4n) is 1.80. The lowest BCUT2D eigenvalue weighted by Gasteiger charge is -2.12. The van der Waals surface area contributed by atoms with E-state index in [2.05, 4.69) is 12.2 Å². The van der Waals surface area contributed by atoms with Crippen LogP contribution in [0.25, 0.3) is 0 Å². The van der Waals surface area contributed by atoms with Gasteiger partial charge in [-0.25, -0.2) is 0 Å². The van der Waals surface area contributed by atoms with Gasteiger partial charge in [0.05, 0.1) is 0 Å². The Morgan fingerprint density at radius 3 is 2.37 bits per heavy atom. The standard InChI is InChI=1S/C16H17N2O/c1-12(11-13-5-3-2-4-6-13)16(19)18-15-9-7-14(17)8-10-15/h2-10,12H,1,11,17H2,(H,18,19)/t12-/m0/s1. The molecule has 0 spiro atoms. The van der Waals surface area contributed by atoms with Crippen molar-refractivity contribution in [3.63, 3.8) is 0 Å². The van der Waals surface area contributed by atoms with Crippen LogP contribution in [0.5, 0.6) is 0 Å². The maximum absolute atomic E-state index is 12.0. The molecule has 0 aliphatic rings. The normalized spacial score (nSPS) is 11.8. The van der Waals surface area contributed by atoms with E-state index in [-0.39, 0.29) is 11.8 Å². The van der Waals surface area contributed by atoms with Crippen LogP contribution in [0.4, 0.5) is 11.4 Å². The molecular formula is C16H17N2O. The third kappa shape index (κ3) is 3.85. The summed E-state index contributed by atoms with van der Waals surface area (Å²) in [4.78, 5) is 12.0. The zero-order valence-electron chi connectivity index (χ0n) is 10.7. The lowest BCUT2D eigenvalue weighted by molar-refractivity contribution is -0.118. The molecule has 1 amide bonds. The van der Waals surface area contributed by atoms with Gasteiger partial charge in [-0.2, -0.15) is 0 Å². The van der Waals surface area contributed by atoms with Gasteiger partial charge < -0.3 is 11.1 Å². The first kappa shape index (κ1) is 13.1. The summed E-state index contributed by atoms with van der Waals surface area (Å²) in [5.41, 5.74) is 8.11. The van der Waals surface area contributed by atoms with Crippen molar-refractivity contribution in [1.29, 1.82) is 0 Å². The molecular weight excluding hydrogens is 236 g/mol. The van der Waals surface area contributed by atoms with Crippen molar-refractivity contribution in [2.24, 2.45) is 5.92 Å². The van der Waals surface area contributed by atoms with Crippen molar-refractivity contribution < 1.29 is 4.79 Å². The quantitative estimate of drug-likeness (QED) is 0.823. The highest BCUT2D eigenvalue weighted by atomic mass is 16.1. The highest BCUT2D eigenvalue weighted by Crippen LogP contribution is 2.14. The molecule has 1 atom stereocenters. The highest BCUT2D eigenvalue weighted by molar-refractivity contribution is 5.93. The van der Waals surface area contributed by atoms with E-state index in [0.29, 0.717) is 12.1 Å². The van der Waals surface area contributed by atoms with E-state index in [1.807, 2.05) is 30.3 Å². The molecule has 0 unspecified atom stereocenters. The molecule has 0 aliphatic carbocycles. The largest absolute Gasteiger partial charge is 0.399 e. The third-order valence-corrected chi connectivity index (χ3v) is 2.87. The van der Waals surface area contributed by atoms with Crippen LogP contribution in [-0.2, 0) is 11.2 Å². The number of hydrogen-bond acceptors (Lipinski definition) is 2. The minimum absolute atomic E-state index is 0.0892. The Hall–Kier alpha value is -2.29. The van der Waals surface area contributed by atoms with Gasteiger partial charge in [-0.3, -0.25) is 4.79 Å². The van der Waals surface area contributed by atoms with Gasteiger partial charge in [0.2, 0.25) is 5.91 Å². The van der Waals surface area contributed by atoms with E-state index in [4.69, 9.17) is 5.73 Å². The summed E-state index contributed by atoms with van der Waals surface area (Å²) < 4.78 is 0. The minimum Gasteiger partial charge on any atom is -0.399 e. The first-order valence-electron chi connectivity index (χ1n) is 6.18. The SMILES string of the molecule is [CH2][C@@H](Cc1ccccc1)C(=O)Nc1ccc(N)cc1. The average Bonchev–Trinajstić information content (AvgIpc) is 2.42. The number of nitrogens with two attached hydrogens (primary N) is 1. The summed E-state index contributed by atoms with van der Waals surface area (Å²) in [5, 5.41) is 2.83. The van der Waals surface area contributed by atoms with Crippen LogP contribution in [-0.4, -0.2) is 5.91 Å². The molecule has 19 heavy (non-hydrogen) atoms. The molecule has 1 radical (unpaired) electrons. The lowest BCUT2D eigenvalue weighted by Crippen LogP contribution is -2.22. The number of amides is 1. The summed E-state index contributed by atoms with van der Waals surface area (Å²) >= 11 is 0. The van der Waals surface area contributed by atoms with Crippen LogP contribution in [0, 0.1) is 12.8 Å². The second-order valence-corrected chi connectivity index (χ2v) is 4.50. The second-order valence-electron chi connectivity index (χ2n) is 4.50. The van der Waals surface area contributed by atoms with Crippen molar-refractivity contribution in [1.82, 2.24) is 0 Å². The molecule has 0 aliphatic heterocycles. The summed E-state index contributed by atoms with van der Waals surface area (Å²) in [7, 11) is 0. The Balaban J connectivity index is 1.94. The molecule has 0 aromatic heterocycles. The maximum atomic E-state index is 12.0. The summed E-state index contributed by atoms with van der Waals surface area (Å²) in [6.07, 6.45) is 0.627. The van der Waals surface area contributed by atoms with Gasteiger partial charge in [0, 0.05) is 17.3 Å². The first-order chi connectivity index (χ1) is 9.15. The highest BCUT2D eigenvalue weighted by Gasteiger charge is 2.13. The Morgan fingerprint density at radius 2 is 1.74 bits per heavy atom. The Labute approximate surface area is 113 Å². The zero-order valence-corrected chi connectivity index (χ0v) is 10.7. The molecule has 0 heterocycles. The molecule has 3 heteroatoms. The number of carbonyl (C=O) groups is 1. The first-order valence-corrected chi connectivity index (χ1v) is 6.18. The maximum Gasteiger partial charge on any atom is 0.227 e. The van der Waals surface area contributed by atoms with E-state index in [1.54, 1.807) is 24.3 Å². The smallest absolute Gasteiger partial charge is 0.227 e. The lowest BCUT2D eigenvalue weighted by atomic mass is 10.0. The molecule has 2 rings (SSSR count). The zero-order chi connectivity index (χ0) is 13.7. The molecule has 2 aromatic rings. The molecule has 2 aromatic carbocycles. The van der Waals surface area contributed by atoms with Crippen LogP contribution in [0.1, 0.15) is 5.56 Å². The van der Waals surface area contributed by atoms with Gasteiger partial charge in [-0.05, 0) is 43.2 Å². The summed E-state index contributed by atoms with van der Waals surface area (Å²) in [5.74, 6) is -0.409. The van der Waals surface area contributed by atoms with E-state index in [1.165, 1.54) is 0 Å². The van der Waals surface area contributed by atoms with E-state index in [9.17, 15) is 4.79 Å². The predicted molar refractivity (Wildman–Crippen MR) is 78.5 cm³/mol. The number of nitrogens with one attached hydrogen (secondary N) is 1. The van der Waals surface area contributed by atoms with Crippen LogP contribution < -0.4 is 11.1 Å². The molecule has 3 nitrogen and oxygen atoms in total. The second kappa shape index (κ2) is 6.05. The van der Waals surface area contributed by atoms with Crippen LogP contribution in [0.15, 0.2) is 54.6 Å². The fraction of sp³-hybridized carbons (Fsp3) is 0.125. The topological polar surface area (TPSA) is 55.1 Å². The van der Waals surface area contributed by atoms with Crippen molar-refractivity contribution in [2.75, 3.05) is 11.1 Å². The fourth-order valence-corrected chi connectivity index (χ4v) is 1.80. The Bertz CT molecular complexity index is 534. The molecule has 0 saturated carbocycles. The molecule has 0 fully saturated rings. The number of rotatable bonds is 4. The van der Waals surface area contributed by atoms with Crippen molar-refractivity contribution in [3.8, 4) is 0 Å². The van der Waals surface area contributed by atoms with Crippen molar-refractivity contribution in [2.45, 2.75) is 6.42 Å². The van der Waals surface area contributed by atoms with Crippen molar-refractivity contribution in [3.05, 3.63) is 67.1 Å². The summed E-state index contributed by atoms with van der Waals surface area (Å²) in [6.45, 7) is 3.91. The van der Waals surface area contributed by atoms with Crippen LogP contribution >= 0.6 is 0 Å². The number of anilines is 2. The van der Waals surface area contributed by atoms with Gasteiger partial charge in [0.15, 0.2) is 0 Å². The molecule has 3 N–H and O–H groups in total. The summed E-state index contributed by atoms with van der Waals surface area (Å²) in [6, 6.07) is 16.9. The van der Waals surface area contributed by atoms with E-state index < -0.39 is 0 Å². The van der Waals surface area contributed by atoms with Crippen LogP contribution in [0.3, 0.4) is 0 Å². The number of hydrogen-bond donors (Lipinski definition) is 2. The Morgan fingerprint density at radius 1 is 1.11 bits per heavy atom. The Kier molecular flexibility index (Phi) is 4.18. The van der Waals surface area contributed by atoms with Crippen LogP contribution in [0.2, 0.25) is 0 Å². The third-order valence-electron chi connectivity index (χ3n) is 2.87. The average molecular weight is 253 g/mol. The van der Waals surface area contributed by atoms with Gasteiger partial charge in [-0.1, -0.05) is 30.3 Å². The van der Waals surface area contributed by atoms with E-state index in [0.717, 1.165) is 11.3 Å². The minimum atomic E-state index is -0.319. The number of carbonyl (C=O) groups excluding carboxylic acids is 1. The molecule has 0 saturated heterocycles. The number of nitrogen functional groups attached to an aromatic ring is 1. The van der Waals surface area contributed by atoms with Gasteiger partial charge in [0.25, 0.3) is 0 Å². The predicted octanol–water partition coefficient (Wildman–Crippen LogP) is 2.90. The van der Waals surface area contributed by atoms with E-state index >= 15 is 0 Å². The number of benzene rings is 2.